The predicted molar refractivity (Wildman–Crippen MR) is 45.9 cm³/mol. The topological polar surface area (TPSA) is 23.8 Å². The highest BCUT2D eigenvalue weighted by molar-refractivity contribution is 5.43. The van der Waals surface area contributed by atoms with Crippen molar-refractivity contribution in [2.24, 2.45) is 23.7 Å². The second-order valence-corrected chi connectivity index (χ2v) is 3.76. The van der Waals surface area contributed by atoms with Crippen LogP contribution in [0.5, 0.6) is 0 Å². The maximum Gasteiger partial charge on any atom is 0.0950 e. The molecule has 0 spiro atoms. The summed E-state index contributed by atoms with van der Waals surface area (Å²) in [7, 11) is 0. The van der Waals surface area contributed by atoms with E-state index in [4.69, 9.17) is 5.26 Å². The Labute approximate surface area is 71.7 Å². The van der Waals surface area contributed by atoms with Gasteiger partial charge in [-0.3, -0.25) is 0 Å². The fraction of sp³-hybridized carbons (Fsp3) is 0.364. The van der Waals surface area contributed by atoms with Crippen LogP contribution in [0.25, 0.3) is 0 Å². The second-order valence-electron chi connectivity index (χ2n) is 3.76. The van der Waals surface area contributed by atoms with E-state index in [0.29, 0.717) is 23.7 Å². The molecule has 4 atom stereocenters. The molecule has 0 fully saturated rings. The Hall–Kier alpha value is -1.29. The molecule has 1 nitrogen and oxygen atoms in total. The van der Waals surface area contributed by atoms with Gasteiger partial charge in [-0.1, -0.05) is 30.4 Å². The third-order valence-corrected chi connectivity index (χ3v) is 3.26. The van der Waals surface area contributed by atoms with E-state index in [-0.39, 0.29) is 0 Å². The van der Waals surface area contributed by atoms with Gasteiger partial charge in [0.05, 0.1) is 6.07 Å². The van der Waals surface area contributed by atoms with Gasteiger partial charge in [0.25, 0.3) is 0 Å². The number of allylic oxidation sites excluding steroid dienone is 6. The van der Waals surface area contributed by atoms with E-state index >= 15 is 0 Å². The zero-order valence-electron chi connectivity index (χ0n) is 6.64. The van der Waals surface area contributed by atoms with Gasteiger partial charge in [0.2, 0.25) is 0 Å². The first-order chi connectivity index (χ1) is 5.90. The number of hydrogen-bond acceptors (Lipinski definition) is 1. The van der Waals surface area contributed by atoms with E-state index in [0.717, 1.165) is 5.57 Å². The molecule has 0 aromatic rings. The van der Waals surface area contributed by atoms with Gasteiger partial charge in [0.1, 0.15) is 0 Å². The first kappa shape index (κ1) is 6.25. The lowest BCUT2D eigenvalue weighted by Crippen LogP contribution is -2.12. The monoisotopic (exact) mass is 155 g/mol. The Bertz CT molecular complexity index is 354. The Kier molecular flexibility index (Phi) is 0.988. The largest absolute Gasteiger partial charge is 0.193 e. The fourth-order valence-corrected chi connectivity index (χ4v) is 2.73. The van der Waals surface area contributed by atoms with Crippen LogP contribution in [0.15, 0.2) is 36.0 Å². The van der Waals surface area contributed by atoms with E-state index < -0.39 is 0 Å². The zero-order valence-corrected chi connectivity index (χ0v) is 6.64. The predicted octanol–water partition coefficient (Wildman–Crippen LogP) is 2.05. The molecule has 0 unspecified atom stereocenters. The highest BCUT2D eigenvalue weighted by Gasteiger charge is 2.44. The van der Waals surface area contributed by atoms with Crippen LogP contribution in [-0.4, -0.2) is 0 Å². The summed E-state index contributed by atoms with van der Waals surface area (Å²) < 4.78 is 0. The third kappa shape index (κ3) is 0.549. The molecule has 58 valence electrons. The normalized spacial score (nSPS) is 46.1. The van der Waals surface area contributed by atoms with Crippen molar-refractivity contribution in [3.05, 3.63) is 36.0 Å². The summed E-state index contributed by atoms with van der Waals surface area (Å²) in [6.07, 6.45) is 11.1. The molecule has 0 aromatic carbocycles. The van der Waals surface area contributed by atoms with E-state index in [1.165, 1.54) is 0 Å². The first-order valence-corrected chi connectivity index (χ1v) is 4.38. The summed E-state index contributed by atoms with van der Waals surface area (Å²) in [4.78, 5) is 0. The van der Waals surface area contributed by atoms with Gasteiger partial charge in [-0.25, -0.2) is 0 Å². The first-order valence-electron chi connectivity index (χ1n) is 4.38. The molecular weight excluding hydrogens is 146 g/mol. The molecule has 0 bridgehead atoms. The van der Waals surface area contributed by atoms with Gasteiger partial charge in [0, 0.05) is 17.4 Å². The van der Waals surface area contributed by atoms with Crippen molar-refractivity contribution in [2.45, 2.75) is 0 Å². The van der Waals surface area contributed by atoms with Crippen LogP contribution in [0.1, 0.15) is 0 Å². The maximum absolute atomic E-state index is 8.86. The maximum atomic E-state index is 8.86. The molecule has 0 N–H and O–H groups in total. The third-order valence-electron chi connectivity index (χ3n) is 3.26. The SMILES string of the molecule is N#CC1=C[C@@H]2C=C[C@@H]3C=C[C@@H]1[C@H]32. The van der Waals surface area contributed by atoms with Crippen molar-refractivity contribution in [2.75, 3.05) is 0 Å². The van der Waals surface area contributed by atoms with Crippen LogP contribution < -0.4 is 0 Å². The van der Waals surface area contributed by atoms with Gasteiger partial charge in [-0.15, -0.1) is 0 Å². The summed E-state index contributed by atoms with van der Waals surface area (Å²) in [5.41, 5.74) is 0.980. The summed E-state index contributed by atoms with van der Waals surface area (Å²) in [6, 6.07) is 2.30. The molecule has 3 aliphatic rings. The molecule has 3 aliphatic carbocycles. The van der Waals surface area contributed by atoms with E-state index in [1.54, 1.807) is 0 Å². The summed E-state index contributed by atoms with van der Waals surface area (Å²) in [6.45, 7) is 0. The average molecular weight is 155 g/mol. The zero-order chi connectivity index (χ0) is 8.13. The highest BCUT2D eigenvalue weighted by Crippen LogP contribution is 2.50. The lowest BCUT2D eigenvalue weighted by atomic mass is 9.87. The van der Waals surface area contributed by atoms with Crippen LogP contribution in [0, 0.1) is 35.0 Å². The number of nitriles is 1. The lowest BCUT2D eigenvalue weighted by Gasteiger charge is -2.14. The lowest BCUT2D eigenvalue weighted by molar-refractivity contribution is 0.415. The molecule has 0 saturated carbocycles. The fourth-order valence-electron chi connectivity index (χ4n) is 2.73. The summed E-state index contributed by atoms with van der Waals surface area (Å²) >= 11 is 0. The van der Waals surface area contributed by atoms with E-state index in [9.17, 15) is 0 Å². The standard InChI is InChI=1S/C11H9N/c12-6-9-5-8-2-1-7-3-4-10(9)11(7)8/h1-5,7-8,10-11H/t7-,8+,10+,11-/m1/s1. The Morgan fingerprint density at radius 2 is 1.83 bits per heavy atom. The molecule has 0 saturated heterocycles. The number of rotatable bonds is 0. The van der Waals surface area contributed by atoms with Crippen LogP contribution in [0.4, 0.5) is 0 Å². The van der Waals surface area contributed by atoms with Crippen molar-refractivity contribution >= 4 is 0 Å². The number of nitrogens with zero attached hydrogens (tertiary/aromatic N) is 1. The van der Waals surface area contributed by atoms with Crippen molar-refractivity contribution in [1.29, 1.82) is 5.26 Å². The smallest absolute Gasteiger partial charge is 0.0950 e. The molecule has 0 amide bonds. The van der Waals surface area contributed by atoms with Crippen LogP contribution in [-0.2, 0) is 0 Å². The van der Waals surface area contributed by atoms with Crippen LogP contribution >= 0.6 is 0 Å². The molecular formula is C11H9N. The van der Waals surface area contributed by atoms with Gasteiger partial charge < -0.3 is 0 Å². The van der Waals surface area contributed by atoms with E-state index in [1.807, 2.05) is 0 Å². The minimum atomic E-state index is 0.431. The molecule has 3 rings (SSSR count). The molecule has 0 aliphatic heterocycles. The summed E-state index contributed by atoms with van der Waals surface area (Å²) in [5, 5.41) is 8.86. The van der Waals surface area contributed by atoms with Crippen molar-refractivity contribution in [3.63, 3.8) is 0 Å². The molecule has 0 aromatic heterocycles. The second kappa shape index (κ2) is 1.90. The van der Waals surface area contributed by atoms with Crippen molar-refractivity contribution in [3.8, 4) is 6.07 Å². The summed E-state index contributed by atoms with van der Waals surface area (Å²) in [5.74, 6) is 2.26. The van der Waals surface area contributed by atoms with Gasteiger partial charge >= 0.3 is 0 Å². The van der Waals surface area contributed by atoms with Gasteiger partial charge in [-0.2, -0.15) is 5.26 Å². The molecule has 12 heavy (non-hydrogen) atoms. The highest BCUT2D eigenvalue weighted by atomic mass is 14.5. The van der Waals surface area contributed by atoms with Crippen LogP contribution in [0.2, 0.25) is 0 Å². The van der Waals surface area contributed by atoms with Gasteiger partial charge in [-0.05, 0) is 11.8 Å². The minimum absolute atomic E-state index is 0.431. The minimum Gasteiger partial charge on any atom is -0.193 e. The van der Waals surface area contributed by atoms with Crippen molar-refractivity contribution in [1.82, 2.24) is 0 Å². The molecule has 0 heterocycles. The van der Waals surface area contributed by atoms with Crippen molar-refractivity contribution < 1.29 is 0 Å². The molecule has 0 radical (unpaired) electrons. The van der Waals surface area contributed by atoms with Crippen LogP contribution in [0.3, 0.4) is 0 Å². The Morgan fingerprint density at radius 3 is 2.67 bits per heavy atom. The quantitative estimate of drug-likeness (QED) is 0.491. The van der Waals surface area contributed by atoms with E-state index in [2.05, 4.69) is 36.4 Å². The average Bonchev–Trinajstić information content (AvgIpc) is 2.72. The molecule has 1 heteroatoms. The Balaban J connectivity index is 2.12. The van der Waals surface area contributed by atoms with Gasteiger partial charge in [0.15, 0.2) is 0 Å². The number of hydrogen-bond donors (Lipinski definition) is 0. The Morgan fingerprint density at radius 1 is 1.08 bits per heavy atom.